The molecule has 1 unspecified atom stereocenters. The van der Waals surface area contributed by atoms with Crippen molar-refractivity contribution in [2.75, 3.05) is 23.3 Å². The van der Waals surface area contributed by atoms with Gasteiger partial charge in [0, 0.05) is 31.4 Å². The Labute approximate surface area is 205 Å². The zero-order valence-electron chi connectivity index (χ0n) is 19.6. The largest absolute Gasteiger partial charge is 0.371 e. The maximum absolute atomic E-state index is 13.8. The molecular weight excluding hydrogens is 472 g/mol. The number of nitrogens with one attached hydrogen (secondary N) is 1. The first-order valence-electron chi connectivity index (χ1n) is 12.4. The van der Waals surface area contributed by atoms with Crippen LogP contribution in [0, 0.1) is 5.92 Å². The van der Waals surface area contributed by atoms with Crippen molar-refractivity contribution in [1.29, 1.82) is 0 Å². The van der Waals surface area contributed by atoms with E-state index in [2.05, 4.69) is 25.4 Å². The molecule has 1 saturated carbocycles. The quantitative estimate of drug-likeness (QED) is 0.518. The Bertz CT molecular complexity index is 1270. The second kappa shape index (κ2) is 9.23. The molecule has 12 heteroatoms. The summed E-state index contributed by atoms with van der Waals surface area (Å²) in [5.74, 6) is 0.151. The van der Waals surface area contributed by atoms with Gasteiger partial charge in [0.25, 0.3) is 12.3 Å². The number of morpholine rings is 1. The lowest BCUT2D eigenvalue weighted by Crippen LogP contribution is -2.43. The maximum Gasteiger partial charge on any atom is 0.284 e. The Morgan fingerprint density at radius 1 is 1.14 bits per heavy atom. The molecule has 1 aliphatic carbocycles. The monoisotopic (exact) mass is 499 g/mol. The summed E-state index contributed by atoms with van der Waals surface area (Å²) in [4.78, 5) is 31.0. The Morgan fingerprint density at radius 3 is 2.58 bits per heavy atom. The van der Waals surface area contributed by atoms with Crippen LogP contribution in [0.2, 0.25) is 0 Å². The van der Waals surface area contributed by atoms with Gasteiger partial charge in [-0.3, -0.25) is 9.48 Å². The number of aromatic nitrogens is 5. The van der Waals surface area contributed by atoms with Crippen molar-refractivity contribution in [1.82, 2.24) is 24.4 Å². The van der Waals surface area contributed by atoms with Crippen molar-refractivity contribution in [2.45, 2.75) is 63.2 Å². The number of carbonyl (C=O) groups excluding carboxylic acids is 2. The zero-order valence-corrected chi connectivity index (χ0v) is 19.6. The van der Waals surface area contributed by atoms with E-state index in [-0.39, 0.29) is 35.4 Å². The van der Waals surface area contributed by atoms with E-state index in [9.17, 15) is 18.4 Å². The van der Waals surface area contributed by atoms with Crippen LogP contribution in [0.15, 0.2) is 24.7 Å². The van der Waals surface area contributed by atoms with Crippen molar-refractivity contribution in [2.24, 2.45) is 5.92 Å². The van der Waals surface area contributed by atoms with Crippen LogP contribution in [0.1, 0.15) is 67.0 Å². The SMILES string of the molecule is O=CC1CCC(n2cc(NC(=O)c3cnn4ccc(N5CC6CC[C@H](C5)O6)nc34)c(C(F)F)n2)CC1. The van der Waals surface area contributed by atoms with Gasteiger partial charge < -0.3 is 19.7 Å². The molecule has 10 nitrogen and oxygen atoms in total. The molecule has 1 amide bonds. The third-order valence-corrected chi connectivity index (χ3v) is 7.49. The van der Waals surface area contributed by atoms with E-state index < -0.39 is 18.0 Å². The topological polar surface area (TPSA) is 107 Å². The van der Waals surface area contributed by atoms with Crippen LogP contribution >= 0.6 is 0 Å². The third kappa shape index (κ3) is 4.23. The molecule has 2 bridgehead atoms. The van der Waals surface area contributed by atoms with Gasteiger partial charge in [-0.15, -0.1) is 0 Å². The highest BCUT2D eigenvalue weighted by Gasteiger charge is 2.34. The van der Waals surface area contributed by atoms with Gasteiger partial charge in [0.15, 0.2) is 11.3 Å². The van der Waals surface area contributed by atoms with Crippen LogP contribution in [-0.2, 0) is 9.53 Å². The van der Waals surface area contributed by atoms with Gasteiger partial charge in [-0.1, -0.05) is 0 Å². The van der Waals surface area contributed by atoms with E-state index >= 15 is 0 Å². The molecule has 5 heterocycles. The molecule has 3 fully saturated rings. The van der Waals surface area contributed by atoms with Crippen LogP contribution in [-0.4, -0.2) is 61.9 Å². The Balaban J connectivity index is 1.24. The number of carbonyl (C=O) groups is 2. The number of anilines is 2. The predicted molar refractivity (Wildman–Crippen MR) is 125 cm³/mol. The second-order valence-corrected chi connectivity index (χ2v) is 9.84. The highest BCUT2D eigenvalue weighted by Crippen LogP contribution is 2.34. The summed E-state index contributed by atoms with van der Waals surface area (Å²) in [5.41, 5.74) is 0.0251. The molecule has 2 saturated heterocycles. The minimum atomic E-state index is -2.85. The number of amides is 1. The van der Waals surface area contributed by atoms with Crippen LogP contribution < -0.4 is 10.2 Å². The first-order chi connectivity index (χ1) is 17.5. The number of nitrogens with zero attached hydrogens (tertiary/aromatic N) is 6. The standard InChI is InChI=1S/C24H27F2N7O3/c25-22(26)21-19(12-33(30-21)15-3-1-14(13-34)2-4-15)28-24(35)18-9-27-32-8-7-20(29-23(18)32)31-10-16-5-6-17(11-31)36-16/h7-9,12-17,22H,1-6,10-11H2,(H,28,35)/t14?,15?,16-,17?/m1/s1. The van der Waals surface area contributed by atoms with E-state index in [1.54, 1.807) is 6.20 Å². The molecule has 2 atom stereocenters. The van der Waals surface area contributed by atoms with Gasteiger partial charge in [-0.25, -0.2) is 18.3 Å². The highest BCUT2D eigenvalue weighted by atomic mass is 19.3. The van der Waals surface area contributed by atoms with Crippen molar-refractivity contribution >= 4 is 29.3 Å². The second-order valence-electron chi connectivity index (χ2n) is 9.84. The number of rotatable bonds is 6. The smallest absolute Gasteiger partial charge is 0.284 e. The fourth-order valence-corrected chi connectivity index (χ4v) is 5.54. The van der Waals surface area contributed by atoms with Gasteiger partial charge >= 0.3 is 0 Å². The van der Waals surface area contributed by atoms with E-state index in [1.807, 2.05) is 6.07 Å². The fourth-order valence-electron chi connectivity index (χ4n) is 5.54. The minimum absolute atomic E-state index is 0.00573. The van der Waals surface area contributed by atoms with Crippen molar-refractivity contribution < 1.29 is 23.1 Å². The summed E-state index contributed by atoms with van der Waals surface area (Å²) >= 11 is 0. The van der Waals surface area contributed by atoms with E-state index in [1.165, 1.54) is 21.6 Å². The number of hydrogen-bond donors (Lipinski definition) is 1. The lowest BCUT2D eigenvalue weighted by atomic mass is 9.87. The van der Waals surface area contributed by atoms with Crippen LogP contribution in [0.5, 0.6) is 0 Å². The predicted octanol–water partition coefficient (Wildman–Crippen LogP) is 3.41. The molecule has 1 N–H and O–H groups in total. The first kappa shape index (κ1) is 23.0. The molecule has 0 aromatic carbocycles. The number of halogens is 2. The van der Waals surface area contributed by atoms with Crippen LogP contribution in [0.4, 0.5) is 20.3 Å². The summed E-state index contributed by atoms with van der Waals surface area (Å²) in [7, 11) is 0. The molecule has 3 aliphatic rings. The van der Waals surface area contributed by atoms with Gasteiger partial charge in [0.1, 0.15) is 17.7 Å². The molecule has 0 spiro atoms. The summed E-state index contributed by atoms with van der Waals surface area (Å²) in [6, 6.07) is 1.76. The van der Waals surface area contributed by atoms with E-state index in [0.29, 0.717) is 31.3 Å². The zero-order chi connectivity index (χ0) is 24.8. The van der Waals surface area contributed by atoms with Crippen molar-refractivity contribution in [3.05, 3.63) is 35.9 Å². The Morgan fingerprint density at radius 2 is 1.89 bits per heavy atom. The molecule has 2 aliphatic heterocycles. The third-order valence-electron chi connectivity index (χ3n) is 7.49. The summed E-state index contributed by atoms with van der Waals surface area (Å²) in [6.07, 6.45) is 7.86. The fraction of sp³-hybridized carbons (Fsp3) is 0.542. The van der Waals surface area contributed by atoms with Crippen molar-refractivity contribution in [3.8, 4) is 0 Å². The summed E-state index contributed by atoms with van der Waals surface area (Å²) < 4.78 is 36.5. The Kier molecular flexibility index (Phi) is 5.90. The summed E-state index contributed by atoms with van der Waals surface area (Å²) in [6.45, 7) is 1.47. The van der Waals surface area contributed by atoms with Crippen LogP contribution in [0.3, 0.4) is 0 Å². The molecule has 190 valence electrons. The summed E-state index contributed by atoms with van der Waals surface area (Å²) in [5, 5.41) is 10.9. The average Bonchev–Trinajstić information content (AvgIpc) is 3.60. The van der Waals surface area contributed by atoms with Gasteiger partial charge in [-0.05, 0) is 44.6 Å². The Hall–Kier alpha value is -3.41. The van der Waals surface area contributed by atoms with Crippen LogP contribution in [0.25, 0.3) is 5.65 Å². The number of aldehydes is 1. The molecule has 0 radical (unpaired) electrons. The van der Waals surface area contributed by atoms with Crippen molar-refractivity contribution in [3.63, 3.8) is 0 Å². The molecular formula is C24H27F2N7O3. The lowest BCUT2D eigenvalue weighted by Gasteiger charge is -2.32. The maximum atomic E-state index is 13.8. The normalized spacial score (nSPS) is 26.0. The molecule has 3 aromatic heterocycles. The first-order valence-corrected chi connectivity index (χ1v) is 12.4. The van der Waals surface area contributed by atoms with E-state index in [4.69, 9.17) is 4.74 Å². The van der Waals surface area contributed by atoms with Gasteiger partial charge in [-0.2, -0.15) is 10.2 Å². The number of hydrogen-bond acceptors (Lipinski definition) is 7. The average molecular weight is 500 g/mol. The van der Waals surface area contributed by atoms with Gasteiger partial charge in [0.05, 0.1) is 30.1 Å². The number of alkyl halides is 2. The van der Waals surface area contributed by atoms with E-state index in [0.717, 1.165) is 38.0 Å². The number of ether oxygens (including phenoxy) is 1. The molecule has 6 rings (SSSR count). The minimum Gasteiger partial charge on any atom is -0.371 e. The lowest BCUT2D eigenvalue weighted by molar-refractivity contribution is -0.112. The molecule has 36 heavy (non-hydrogen) atoms. The van der Waals surface area contributed by atoms with Gasteiger partial charge in [0.2, 0.25) is 0 Å². The highest BCUT2D eigenvalue weighted by molar-refractivity contribution is 6.08. The number of fused-ring (bicyclic) bond motifs is 3. The molecule has 3 aromatic rings.